The highest BCUT2D eigenvalue weighted by Crippen LogP contribution is 2.37. The second kappa shape index (κ2) is 9.65. The van der Waals surface area contributed by atoms with Gasteiger partial charge in [0.25, 0.3) is 0 Å². The molecule has 8 nitrogen and oxygen atoms in total. The van der Waals surface area contributed by atoms with Crippen LogP contribution in [0.4, 0.5) is 19.1 Å². The molecule has 1 spiro atoms. The van der Waals surface area contributed by atoms with E-state index in [2.05, 4.69) is 26.8 Å². The molecule has 2 unspecified atom stereocenters. The number of likely N-dealkylation sites (N-methyl/N-ethyl adjacent to an activating group) is 1. The van der Waals surface area contributed by atoms with Crippen molar-refractivity contribution in [3.63, 3.8) is 0 Å². The summed E-state index contributed by atoms with van der Waals surface area (Å²) in [6.45, 7) is 3.67. The fourth-order valence-electron chi connectivity index (χ4n) is 3.94. The minimum Gasteiger partial charge on any atom is -0.475 e. The van der Waals surface area contributed by atoms with Gasteiger partial charge in [-0.3, -0.25) is 4.90 Å². The predicted octanol–water partition coefficient (Wildman–Crippen LogP) is 2.96. The van der Waals surface area contributed by atoms with E-state index in [0.717, 1.165) is 50.8 Å². The largest absolute Gasteiger partial charge is 0.490 e. The van der Waals surface area contributed by atoms with Gasteiger partial charge < -0.3 is 19.2 Å². The molecule has 2 aliphatic heterocycles. The van der Waals surface area contributed by atoms with Gasteiger partial charge in [0.15, 0.2) is 0 Å². The highest BCUT2D eigenvalue weighted by atomic mass is 19.4. The first-order chi connectivity index (χ1) is 14.7. The van der Waals surface area contributed by atoms with E-state index in [0.29, 0.717) is 6.04 Å². The van der Waals surface area contributed by atoms with E-state index in [1.165, 1.54) is 6.42 Å². The lowest BCUT2D eigenvalue weighted by molar-refractivity contribution is -0.192. The van der Waals surface area contributed by atoms with Crippen LogP contribution in [0, 0.1) is 0 Å². The summed E-state index contributed by atoms with van der Waals surface area (Å²) in [7, 11) is 2.06. The van der Waals surface area contributed by atoms with E-state index in [-0.39, 0.29) is 5.60 Å². The zero-order chi connectivity index (χ0) is 22.5. The molecule has 2 aliphatic rings. The van der Waals surface area contributed by atoms with Gasteiger partial charge in [-0.2, -0.15) is 13.2 Å². The van der Waals surface area contributed by atoms with Crippen LogP contribution in [-0.2, 0) is 16.1 Å². The SMILES string of the molecule is CN(c1ncccn1)C1COC2(CCCN(Cc3ccco3)C2)C1.O=C(O)C(F)(F)F. The number of anilines is 1. The third-order valence-electron chi connectivity index (χ3n) is 5.43. The fourth-order valence-corrected chi connectivity index (χ4v) is 3.94. The van der Waals surface area contributed by atoms with Gasteiger partial charge in [0.2, 0.25) is 5.95 Å². The molecule has 4 heterocycles. The smallest absolute Gasteiger partial charge is 0.475 e. The number of piperidine rings is 1. The highest BCUT2D eigenvalue weighted by Gasteiger charge is 2.45. The van der Waals surface area contributed by atoms with Crippen LogP contribution in [-0.4, -0.2) is 70.5 Å². The number of carboxylic acids is 1. The van der Waals surface area contributed by atoms with E-state index >= 15 is 0 Å². The molecule has 0 radical (unpaired) electrons. The zero-order valence-electron chi connectivity index (χ0n) is 17.1. The van der Waals surface area contributed by atoms with Crippen molar-refractivity contribution in [1.29, 1.82) is 0 Å². The maximum absolute atomic E-state index is 10.6. The molecule has 0 aromatic carbocycles. The Labute approximate surface area is 177 Å². The standard InChI is InChI=1S/C18H24N4O2.C2HF3O2/c1-21(17-19-7-4-8-20-17)15-11-18(24-13-15)6-3-9-22(14-18)12-16-5-2-10-23-16;3-2(4,5)1(6)7/h2,4-5,7-8,10,15H,3,6,9,11-14H2,1H3;(H,6,7). The van der Waals surface area contributed by atoms with Gasteiger partial charge in [0, 0.05) is 32.4 Å². The Bertz CT molecular complexity index is 835. The molecule has 170 valence electrons. The molecule has 0 bridgehead atoms. The van der Waals surface area contributed by atoms with Crippen LogP contribution in [0.25, 0.3) is 0 Å². The lowest BCUT2D eigenvalue weighted by Crippen LogP contribution is -2.48. The summed E-state index contributed by atoms with van der Waals surface area (Å²) < 4.78 is 43.5. The molecule has 0 aliphatic carbocycles. The van der Waals surface area contributed by atoms with Crippen molar-refractivity contribution in [2.24, 2.45) is 0 Å². The third-order valence-corrected chi connectivity index (χ3v) is 5.43. The van der Waals surface area contributed by atoms with E-state index in [9.17, 15) is 13.2 Å². The number of furan rings is 1. The van der Waals surface area contributed by atoms with Crippen molar-refractivity contribution in [2.75, 3.05) is 31.6 Å². The topological polar surface area (TPSA) is 91.9 Å². The van der Waals surface area contributed by atoms with E-state index in [4.69, 9.17) is 19.1 Å². The number of carboxylic acid groups (broad SMARTS) is 1. The van der Waals surface area contributed by atoms with Crippen molar-refractivity contribution in [3.05, 3.63) is 42.6 Å². The monoisotopic (exact) mass is 442 g/mol. The summed E-state index contributed by atoms with van der Waals surface area (Å²) >= 11 is 0. The first kappa shape index (κ1) is 23.0. The molecule has 2 saturated heterocycles. The van der Waals surface area contributed by atoms with E-state index in [1.807, 2.05) is 18.2 Å². The number of aromatic nitrogens is 2. The maximum Gasteiger partial charge on any atom is 0.490 e. The Kier molecular flexibility index (Phi) is 7.16. The Balaban J connectivity index is 0.000000339. The van der Waals surface area contributed by atoms with Gasteiger partial charge in [-0.25, -0.2) is 14.8 Å². The average Bonchev–Trinajstić information content (AvgIpc) is 3.38. The van der Waals surface area contributed by atoms with Crippen LogP contribution in [0.15, 0.2) is 41.3 Å². The number of aliphatic carboxylic acids is 1. The molecule has 11 heteroatoms. The molecule has 2 aromatic rings. The van der Waals surface area contributed by atoms with Gasteiger partial charge in [-0.15, -0.1) is 0 Å². The summed E-state index contributed by atoms with van der Waals surface area (Å²) in [5.41, 5.74) is -0.0431. The number of ether oxygens (including phenoxy) is 1. The van der Waals surface area contributed by atoms with E-state index in [1.54, 1.807) is 18.7 Å². The molecule has 1 N–H and O–H groups in total. The number of likely N-dealkylation sites (tertiary alicyclic amines) is 1. The van der Waals surface area contributed by atoms with Crippen molar-refractivity contribution < 1.29 is 32.2 Å². The summed E-state index contributed by atoms with van der Waals surface area (Å²) in [6.07, 6.45) is 3.55. The van der Waals surface area contributed by atoms with Gasteiger partial charge in [0.1, 0.15) is 5.76 Å². The van der Waals surface area contributed by atoms with Gasteiger partial charge in [0.05, 0.1) is 31.1 Å². The Morgan fingerprint density at radius 2 is 2.06 bits per heavy atom. The lowest BCUT2D eigenvalue weighted by Gasteiger charge is -2.39. The molecule has 31 heavy (non-hydrogen) atoms. The van der Waals surface area contributed by atoms with Crippen molar-refractivity contribution in [2.45, 2.75) is 43.6 Å². The fraction of sp³-hybridized carbons (Fsp3) is 0.550. The lowest BCUT2D eigenvalue weighted by atomic mass is 9.88. The molecule has 2 atom stereocenters. The zero-order valence-corrected chi connectivity index (χ0v) is 17.1. The predicted molar refractivity (Wildman–Crippen MR) is 104 cm³/mol. The first-order valence-corrected chi connectivity index (χ1v) is 9.87. The van der Waals surface area contributed by atoms with Crippen LogP contribution < -0.4 is 4.90 Å². The average molecular weight is 442 g/mol. The number of nitrogens with zero attached hydrogens (tertiary/aromatic N) is 4. The Morgan fingerprint density at radius 3 is 2.68 bits per heavy atom. The second-order valence-corrected chi connectivity index (χ2v) is 7.71. The van der Waals surface area contributed by atoms with Gasteiger partial charge in [-0.05, 0) is 37.6 Å². The Hall–Kier alpha value is -2.66. The summed E-state index contributed by atoms with van der Waals surface area (Å²) in [6, 6.07) is 6.17. The minimum atomic E-state index is -5.08. The number of hydrogen-bond acceptors (Lipinski definition) is 7. The van der Waals surface area contributed by atoms with Crippen LogP contribution in [0.2, 0.25) is 0 Å². The second-order valence-electron chi connectivity index (χ2n) is 7.71. The molecule has 2 aromatic heterocycles. The molecular weight excluding hydrogens is 417 g/mol. The number of hydrogen-bond donors (Lipinski definition) is 1. The van der Waals surface area contributed by atoms with Crippen LogP contribution in [0.1, 0.15) is 25.0 Å². The van der Waals surface area contributed by atoms with Gasteiger partial charge in [-0.1, -0.05) is 0 Å². The van der Waals surface area contributed by atoms with Crippen molar-refractivity contribution in [3.8, 4) is 0 Å². The quantitative estimate of drug-likeness (QED) is 0.773. The number of alkyl halides is 3. The third kappa shape index (κ3) is 6.17. The van der Waals surface area contributed by atoms with Crippen LogP contribution >= 0.6 is 0 Å². The van der Waals surface area contributed by atoms with Crippen molar-refractivity contribution >= 4 is 11.9 Å². The molecule has 2 fully saturated rings. The number of halogens is 3. The van der Waals surface area contributed by atoms with E-state index < -0.39 is 12.1 Å². The highest BCUT2D eigenvalue weighted by molar-refractivity contribution is 5.73. The minimum absolute atomic E-state index is 0.0431. The summed E-state index contributed by atoms with van der Waals surface area (Å²) in [4.78, 5) is 22.2. The normalized spacial score (nSPS) is 23.9. The van der Waals surface area contributed by atoms with Crippen LogP contribution in [0.5, 0.6) is 0 Å². The molecule has 0 amide bonds. The first-order valence-electron chi connectivity index (χ1n) is 9.87. The van der Waals surface area contributed by atoms with Crippen molar-refractivity contribution in [1.82, 2.24) is 14.9 Å². The molecule has 0 saturated carbocycles. The molecular formula is C20H25F3N4O4. The van der Waals surface area contributed by atoms with Gasteiger partial charge >= 0.3 is 12.1 Å². The summed E-state index contributed by atoms with van der Waals surface area (Å²) in [5, 5.41) is 7.12. The Morgan fingerprint density at radius 1 is 1.35 bits per heavy atom. The number of rotatable bonds is 4. The molecule has 4 rings (SSSR count). The van der Waals surface area contributed by atoms with Crippen LogP contribution in [0.3, 0.4) is 0 Å². The maximum atomic E-state index is 10.6. The summed E-state index contributed by atoms with van der Waals surface area (Å²) in [5.74, 6) is -0.963. The number of carbonyl (C=O) groups is 1.